The van der Waals surface area contributed by atoms with Crippen LogP contribution in [0.2, 0.25) is 0 Å². The zero-order valence-electron chi connectivity index (χ0n) is 14.9. The minimum absolute atomic E-state index is 0.286. The van der Waals surface area contributed by atoms with E-state index < -0.39 is 0 Å². The fourth-order valence-electron chi connectivity index (χ4n) is 3.74. The minimum Gasteiger partial charge on any atom is -0.381 e. The lowest BCUT2D eigenvalue weighted by Crippen LogP contribution is -2.32. The van der Waals surface area contributed by atoms with Crippen LogP contribution in [-0.2, 0) is 24.8 Å². The number of hydrogen-bond donors (Lipinski definition) is 0. The number of hydrogen-bond acceptors (Lipinski definition) is 3. The second kappa shape index (κ2) is 7.95. The van der Waals surface area contributed by atoms with Gasteiger partial charge in [-0.2, -0.15) is 5.10 Å². The van der Waals surface area contributed by atoms with Crippen LogP contribution in [0.1, 0.15) is 30.9 Å². The number of benzene rings is 1. The molecule has 24 heavy (non-hydrogen) atoms. The second-order valence-corrected chi connectivity index (χ2v) is 7.11. The number of aromatic nitrogens is 2. The van der Waals surface area contributed by atoms with E-state index in [1.807, 2.05) is 17.9 Å². The van der Waals surface area contributed by atoms with Crippen LogP contribution in [0.25, 0.3) is 0 Å². The zero-order valence-corrected chi connectivity index (χ0v) is 14.9. The summed E-state index contributed by atoms with van der Waals surface area (Å²) in [5.41, 5.74) is 3.01. The summed E-state index contributed by atoms with van der Waals surface area (Å²) in [6.07, 6.45) is 7.65. The van der Waals surface area contributed by atoms with Gasteiger partial charge in [-0.05, 0) is 38.3 Å². The van der Waals surface area contributed by atoms with Crippen LogP contribution < -0.4 is 0 Å². The van der Waals surface area contributed by atoms with Crippen molar-refractivity contribution in [2.45, 2.75) is 32.7 Å². The molecular weight excluding hydrogens is 298 g/mol. The topological polar surface area (TPSA) is 30.3 Å². The van der Waals surface area contributed by atoms with Gasteiger partial charge >= 0.3 is 0 Å². The molecule has 1 aromatic carbocycles. The zero-order chi connectivity index (χ0) is 16.8. The van der Waals surface area contributed by atoms with Crippen LogP contribution in [-0.4, -0.2) is 41.0 Å². The van der Waals surface area contributed by atoms with Crippen molar-refractivity contribution in [2.75, 3.05) is 26.3 Å². The van der Waals surface area contributed by atoms with Crippen molar-refractivity contribution in [1.29, 1.82) is 0 Å². The predicted molar refractivity (Wildman–Crippen MR) is 96.8 cm³/mol. The first kappa shape index (κ1) is 17.2. The molecule has 2 aromatic rings. The molecule has 1 aliphatic heterocycles. The summed E-state index contributed by atoms with van der Waals surface area (Å²) in [5.74, 6) is 0. The van der Waals surface area contributed by atoms with Gasteiger partial charge in [0.25, 0.3) is 0 Å². The highest BCUT2D eigenvalue weighted by Crippen LogP contribution is 2.36. The van der Waals surface area contributed by atoms with E-state index in [4.69, 9.17) is 4.74 Å². The summed E-state index contributed by atoms with van der Waals surface area (Å²) in [6.45, 7) is 7.03. The molecule has 1 unspecified atom stereocenters. The normalized spacial score (nSPS) is 21.4. The summed E-state index contributed by atoms with van der Waals surface area (Å²) in [5, 5.41) is 4.29. The second-order valence-electron chi connectivity index (χ2n) is 7.11. The molecular formula is C20H29N3O. The standard InChI is InChI=1S/C20H29N3O/c1-3-24-17-20(10-9-18-7-5-4-6-8-18)11-12-23(16-20)15-19-13-21-22(2)14-19/h4-8,13-14H,3,9-12,15-17H2,1-2H3. The van der Waals surface area contributed by atoms with E-state index >= 15 is 0 Å². The molecule has 0 aliphatic carbocycles. The van der Waals surface area contributed by atoms with Crippen LogP contribution >= 0.6 is 0 Å². The molecule has 3 rings (SSSR count). The van der Waals surface area contributed by atoms with Crippen molar-refractivity contribution in [2.24, 2.45) is 12.5 Å². The van der Waals surface area contributed by atoms with E-state index in [1.54, 1.807) is 0 Å². The average molecular weight is 327 g/mol. The minimum atomic E-state index is 0.286. The average Bonchev–Trinajstić information content (AvgIpc) is 3.19. The maximum atomic E-state index is 5.87. The molecule has 0 spiro atoms. The fourth-order valence-corrected chi connectivity index (χ4v) is 3.74. The molecule has 0 amide bonds. The lowest BCUT2D eigenvalue weighted by molar-refractivity contribution is 0.0489. The molecule has 2 heterocycles. The van der Waals surface area contributed by atoms with E-state index in [0.717, 1.165) is 39.3 Å². The summed E-state index contributed by atoms with van der Waals surface area (Å²) in [6, 6.07) is 10.8. The Bertz CT molecular complexity index is 625. The molecule has 130 valence electrons. The molecule has 1 aromatic heterocycles. The van der Waals surface area contributed by atoms with E-state index in [9.17, 15) is 0 Å². The Labute approximate surface area is 145 Å². The van der Waals surface area contributed by atoms with Crippen LogP contribution in [0, 0.1) is 5.41 Å². The van der Waals surface area contributed by atoms with E-state index in [2.05, 4.69) is 53.5 Å². The molecule has 1 fully saturated rings. The quantitative estimate of drug-likeness (QED) is 0.745. The van der Waals surface area contributed by atoms with Gasteiger partial charge in [0.15, 0.2) is 0 Å². The van der Waals surface area contributed by atoms with Crippen LogP contribution in [0.3, 0.4) is 0 Å². The van der Waals surface area contributed by atoms with Gasteiger partial charge in [-0.1, -0.05) is 30.3 Å². The SMILES string of the molecule is CCOCC1(CCc2ccccc2)CCN(Cc2cnn(C)c2)C1. The Morgan fingerprint density at radius 1 is 1.21 bits per heavy atom. The fraction of sp³-hybridized carbons (Fsp3) is 0.550. The van der Waals surface area contributed by atoms with Gasteiger partial charge in [0.1, 0.15) is 0 Å². The molecule has 1 atom stereocenters. The number of nitrogens with zero attached hydrogens (tertiary/aromatic N) is 3. The third-order valence-electron chi connectivity index (χ3n) is 5.08. The Balaban J connectivity index is 1.61. The molecule has 0 N–H and O–H groups in total. The van der Waals surface area contributed by atoms with Crippen molar-refractivity contribution in [1.82, 2.24) is 14.7 Å². The lowest BCUT2D eigenvalue weighted by Gasteiger charge is -2.29. The van der Waals surface area contributed by atoms with Crippen LogP contribution in [0.15, 0.2) is 42.7 Å². The molecule has 4 heteroatoms. The summed E-state index contributed by atoms with van der Waals surface area (Å²) in [7, 11) is 1.98. The maximum Gasteiger partial charge on any atom is 0.0535 e. The van der Waals surface area contributed by atoms with Gasteiger partial charge in [0.05, 0.1) is 12.8 Å². The first-order valence-electron chi connectivity index (χ1n) is 9.01. The molecule has 0 saturated carbocycles. The summed E-state index contributed by atoms with van der Waals surface area (Å²) >= 11 is 0. The molecule has 4 nitrogen and oxygen atoms in total. The van der Waals surface area contributed by atoms with Crippen molar-refractivity contribution < 1.29 is 4.74 Å². The maximum absolute atomic E-state index is 5.87. The van der Waals surface area contributed by atoms with Crippen molar-refractivity contribution >= 4 is 0 Å². The molecule has 1 aliphatic rings. The third-order valence-corrected chi connectivity index (χ3v) is 5.08. The van der Waals surface area contributed by atoms with Gasteiger partial charge in [0, 0.05) is 43.9 Å². The van der Waals surface area contributed by atoms with Gasteiger partial charge in [0.2, 0.25) is 0 Å². The van der Waals surface area contributed by atoms with Crippen molar-refractivity contribution in [3.05, 3.63) is 53.9 Å². The third kappa shape index (κ3) is 4.46. The van der Waals surface area contributed by atoms with E-state index in [-0.39, 0.29) is 5.41 Å². The number of aryl methyl sites for hydroxylation is 2. The number of likely N-dealkylation sites (tertiary alicyclic amines) is 1. The Morgan fingerprint density at radius 2 is 2.04 bits per heavy atom. The van der Waals surface area contributed by atoms with Gasteiger partial charge in [-0.25, -0.2) is 0 Å². The summed E-state index contributed by atoms with van der Waals surface area (Å²) < 4.78 is 7.75. The lowest BCUT2D eigenvalue weighted by atomic mass is 9.82. The Kier molecular flexibility index (Phi) is 5.69. The summed E-state index contributed by atoms with van der Waals surface area (Å²) in [4.78, 5) is 2.56. The Hall–Kier alpha value is -1.65. The number of rotatable bonds is 8. The predicted octanol–water partition coefficient (Wildman–Crippen LogP) is 3.28. The molecule has 0 bridgehead atoms. The highest BCUT2D eigenvalue weighted by atomic mass is 16.5. The highest BCUT2D eigenvalue weighted by molar-refractivity contribution is 5.15. The molecule has 0 radical (unpaired) electrons. The largest absolute Gasteiger partial charge is 0.381 e. The van der Waals surface area contributed by atoms with Crippen LogP contribution in [0.4, 0.5) is 0 Å². The monoisotopic (exact) mass is 327 g/mol. The number of ether oxygens (including phenoxy) is 1. The van der Waals surface area contributed by atoms with Crippen molar-refractivity contribution in [3.8, 4) is 0 Å². The Morgan fingerprint density at radius 3 is 2.75 bits per heavy atom. The van der Waals surface area contributed by atoms with Crippen molar-refractivity contribution in [3.63, 3.8) is 0 Å². The van der Waals surface area contributed by atoms with Crippen LogP contribution in [0.5, 0.6) is 0 Å². The van der Waals surface area contributed by atoms with Gasteiger partial charge in [-0.15, -0.1) is 0 Å². The van der Waals surface area contributed by atoms with Gasteiger partial charge in [-0.3, -0.25) is 9.58 Å². The first-order valence-corrected chi connectivity index (χ1v) is 9.01. The molecule has 1 saturated heterocycles. The van der Waals surface area contributed by atoms with E-state index in [1.165, 1.54) is 24.0 Å². The first-order chi connectivity index (χ1) is 11.7. The van der Waals surface area contributed by atoms with Gasteiger partial charge < -0.3 is 4.74 Å². The van der Waals surface area contributed by atoms with E-state index in [0.29, 0.717) is 0 Å². The smallest absolute Gasteiger partial charge is 0.0535 e. The highest BCUT2D eigenvalue weighted by Gasteiger charge is 2.37.